The molecule has 0 spiro atoms. The van der Waals surface area contributed by atoms with Crippen molar-refractivity contribution in [3.63, 3.8) is 0 Å². The second kappa shape index (κ2) is 24.1. The molecular weight excluding hydrogens is 607 g/mol. The smallest absolute Gasteiger partial charge is 0.341 e. The molecule has 0 fully saturated rings. The van der Waals surface area contributed by atoms with Crippen molar-refractivity contribution in [2.24, 2.45) is 0 Å². The molecule has 1 unspecified atom stereocenters. The summed E-state index contributed by atoms with van der Waals surface area (Å²) in [6, 6.07) is 8.13. The summed E-state index contributed by atoms with van der Waals surface area (Å²) in [5, 5.41) is 0. The number of halogens is 4. The van der Waals surface area contributed by atoms with Gasteiger partial charge in [0.05, 0.1) is 6.61 Å². The van der Waals surface area contributed by atoms with Gasteiger partial charge >= 0.3 is 12.0 Å². The quantitative estimate of drug-likeness (QED) is 0.0344. The Bertz CT molecular complexity index is 658. The summed E-state index contributed by atoms with van der Waals surface area (Å²) in [5.74, 6) is -0.190. The lowest BCUT2D eigenvalue weighted by atomic mass is 10.0. The van der Waals surface area contributed by atoms with Crippen LogP contribution in [-0.2, 0) is 9.53 Å². The van der Waals surface area contributed by atoms with E-state index in [1.54, 1.807) is 0 Å². The van der Waals surface area contributed by atoms with Gasteiger partial charge in [0.15, 0.2) is 0 Å². The zero-order valence-electron chi connectivity index (χ0n) is 22.8. The molecule has 37 heavy (non-hydrogen) atoms. The van der Waals surface area contributed by atoms with E-state index >= 15 is 0 Å². The molecule has 0 heterocycles. The molecule has 0 N–H and O–H groups in total. The van der Waals surface area contributed by atoms with E-state index in [1.807, 2.05) is 30.3 Å². The Balaban J connectivity index is 1.73. The molecule has 0 aliphatic rings. The van der Waals surface area contributed by atoms with E-state index in [-0.39, 0.29) is 10.8 Å². The Kier molecular flexibility index (Phi) is 23.0. The van der Waals surface area contributed by atoms with E-state index in [1.165, 1.54) is 109 Å². The summed E-state index contributed by atoms with van der Waals surface area (Å²) in [6.45, 7) is 0.523. The maximum atomic E-state index is 12.1. The van der Waals surface area contributed by atoms with Gasteiger partial charge in [-0.15, -0.1) is 33.2 Å². The first kappa shape index (κ1) is 35.3. The van der Waals surface area contributed by atoms with Crippen LogP contribution in [-0.4, -0.2) is 18.6 Å². The van der Waals surface area contributed by atoms with Crippen LogP contribution in [0.5, 0.6) is 0 Å². The van der Waals surface area contributed by atoms with Crippen molar-refractivity contribution < 1.29 is 9.53 Å². The SMILES string of the molecule is O=C(OCCCCCCCCCCCCCCCCCCCCCC[Si](Cl)(Cl)Cl)C(Br)c1ccccc1. The molecule has 1 rings (SSSR count). The normalized spacial score (nSPS) is 12.5. The zero-order valence-corrected chi connectivity index (χ0v) is 27.7. The minimum absolute atomic E-state index is 0.190. The fourth-order valence-corrected chi connectivity index (χ4v) is 6.90. The van der Waals surface area contributed by atoms with Crippen LogP contribution in [0, 0.1) is 0 Å². The average Bonchev–Trinajstić information content (AvgIpc) is 2.88. The summed E-state index contributed by atoms with van der Waals surface area (Å²) >= 11 is 21.2. The van der Waals surface area contributed by atoms with E-state index < -0.39 is 6.00 Å². The first-order valence-corrected chi connectivity index (χ1v) is 21.0. The van der Waals surface area contributed by atoms with Gasteiger partial charge in [-0.1, -0.05) is 168 Å². The van der Waals surface area contributed by atoms with Gasteiger partial charge in [0.1, 0.15) is 4.83 Å². The molecule has 214 valence electrons. The topological polar surface area (TPSA) is 26.3 Å². The molecule has 1 aromatic rings. The molecule has 0 aliphatic heterocycles. The van der Waals surface area contributed by atoms with Gasteiger partial charge in [-0.05, 0) is 18.0 Å². The van der Waals surface area contributed by atoms with Crippen molar-refractivity contribution in [1.82, 2.24) is 0 Å². The Hall–Kier alpha value is 0.257. The van der Waals surface area contributed by atoms with Crippen LogP contribution in [0.4, 0.5) is 0 Å². The van der Waals surface area contributed by atoms with Gasteiger partial charge in [-0.2, -0.15) is 0 Å². The second-order valence-corrected chi connectivity index (χ2v) is 20.6. The van der Waals surface area contributed by atoms with Crippen LogP contribution in [0.1, 0.15) is 139 Å². The number of benzene rings is 1. The van der Waals surface area contributed by atoms with Crippen LogP contribution >= 0.6 is 49.2 Å². The molecule has 0 aliphatic carbocycles. The molecule has 0 aromatic heterocycles. The molecule has 0 saturated heterocycles. The Morgan fingerprint density at radius 1 is 0.622 bits per heavy atom. The lowest BCUT2D eigenvalue weighted by Gasteiger charge is -2.10. The summed E-state index contributed by atoms with van der Waals surface area (Å²) < 4.78 is 5.41. The van der Waals surface area contributed by atoms with Crippen LogP contribution in [0.3, 0.4) is 0 Å². The van der Waals surface area contributed by atoms with Gasteiger partial charge in [-0.25, -0.2) is 0 Å². The van der Waals surface area contributed by atoms with Gasteiger partial charge in [-0.3, -0.25) is 4.79 Å². The molecule has 1 aromatic carbocycles. The first-order chi connectivity index (χ1) is 17.9. The van der Waals surface area contributed by atoms with Crippen LogP contribution in [0.2, 0.25) is 6.04 Å². The van der Waals surface area contributed by atoms with E-state index in [0.29, 0.717) is 6.61 Å². The maximum Gasteiger partial charge on any atom is 0.341 e. The van der Waals surface area contributed by atoms with Crippen LogP contribution < -0.4 is 0 Å². The maximum absolute atomic E-state index is 12.1. The first-order valence-electron chi connectivity index (χ1n) is 14.8. The third kappa shape index (κ3) is 22.7. The fourth-order valence-electron chi connectivity index (χ4n) is 4.61. The fraction of sp³-hybridized carbons (Fsp3) is 0.767. The third-order valence-corrected chi connectivity index (χ3v) is 10.4. The van der Waals surface area contributed by atoms with E-state index in [9.17, 15) is 4.79 Å². The number of hydrogen-bond donors (Lipinski definition) is 0. The molecule has 7 heteroatoms. The monoisotopic (exact) mass is 654 g/mol. The lowest BCUT2D eigenvalue weighted by Crippen LogP contribution is -2.11. The highest BCUT2D eigenvalue weighted by Gasteiger charge is 2.23. The van der Waals surface area contributed by atoms with Crippen molar-refractivity contribution in [3.8, 4) is 0 Å². The minimum Gasteiger partial charge on any atom is -0.465 e. The van der Waals surface area contributed by atoms with E-state index in [0.717, 1.165) is 30.9 Å². The average molecular weight is 657 g/mol. The largest absolute Gasteiger partial charge is 0.465 e. The number of rotatable bonds is 25. The number of esters is 1. The highest BCUT2D eigenvalue weighted by Crippen LogP contribution is 2.28. The van der Waals surface area contributed by atoms with E-state index in [2.05, 4.69) is 15.9 Å². The number of alkyl halides is 1. The van der Waals surface area contributed by atoms with Crippen molar-refractivity contribution in [2.45, 2.75) is 139 Å². The highest BCUT2D eigenvalue weighted by molar-refractivity contribution is 9.09. The van der Waals surface area contributed by atoms with Gasteiger partial charge in [0.2, 0.25) is 0 Å². The van der Waals surface area contributed by atoms with Crippen molar-refractivity contribution >= 4 is 61.1 Å². The van der Waals surface area contributed by atoms with Crippen molar-refractivity contribution in [1.29, 1.82) is 0 Å². The lowest BCUT2D eigenvalue weighted by molar-refractivity contribution is -0.143. The summed E-state index contributed by atoms with van der Waals surface area (Å²) in [4.78, 5) is 11.7. The molecule has 2 nitrogen and oxygen atoms in total. The van der Waals surface area contributed by atoms with Gasteiger partial charge in [0, 0.05) is 0 Å². The Morgan fingerprint density at radius 2 is 0.973 bits per heavy atom. The number of unbranched alkanes of at least 4 members (excludes halogenated alkanes) is 19. The third-order valence-electron chi connectivity index (χ3n) is 6.90. The van der Waals surface area contributed by atoms with Gasteiger partial charge < -0.3 is 4.74 Å². The Morgan fingerprint density at radius 3 is 1.35 bits per heavy atom. The van der Waals surface area contributed by atoms with Gasteiger partial charge in [0.25, 0.3) is 0 Å². The second-order valence-electron chi connectivity index (χ2n) is 10.4. The summed E-state index contributed by atoms with van der Waals surface area (Å²) in [7, 11) is 0. The standard InChI is InChI=1S/C30H50BrCl3O2Si/c31-29(28-24-20-19-21-25-28)30(35)36-26-22-17-15-13-11-9-7-5-3-1-2-4-6-8-10-12-14-16-18-23-27-37(32,33)34/h19-21,24-25,29H,1-18,22-23,26-27H2. The molecule has 1 atom stereocenters. The number of hydrogen-bond acceptors (Lipinski definition) is 2. The molecule has 0 radical (unpaired) electrons. The highest BCUT2D eigenvalue weighted by atomic mass is 79.9. The van der Waals surface area contributed by atoms with Crippen LogP contribution in [0.15, 0.2) is 30.3 Å². The number of ether oxygens (including phenoxy) is 1. The molecule has 0 saturated carbocycles. The Labute approximate surface area is 251 Å². The summed E-state index contributed by atoms with van der Waals surface area (Å²) in [5.41, 5.74) is 0.943. The van der Waals surface area contributed by atoms with Crippen molar-refractivity contribution in [3.05, 3.63) is 35.9 Å². The van der Waals surface area contributed by atoms with Crippen molar-refractivity contribution in [2.75, 3.05) is 6.61 Å². The predicted molar refractivity (Wildman–Crippen MR) is 170 cm³/mol. The molecule has 0 amide bonds. The predicted octanol–water partition coefficient (Wildman–Crippen LogP) is 12.1. The van der Waals surface area contributed by atoms with Crippen LogP contribution in [0.25, 0.3) is 0 Å². The summed E-state index contributed by atoms with van der Waals surface area (Å²) in [6.07, 6.45) is 26.2. The molecule has 0 bridgehead atoms. The molecular formula is C30H50BrCl3O2Si. The minimum atomic E-state index is -2.38. The van der Waals surface area contributed by atoms with E-state index in [4.69, 9.17) is 38.0 Å². The zero-order chi connectivity index (χ0) is 27.0. The number of carbonyl (C=O) groups excluding carboxylic acids is 1. The number of carbonyl (C=O) groups is 1.